The van der Waals surface area contributed by atoms with E-state index < -0.39 is 6.29 Å². The molecule has 4 rings (SSSR count). The zero-order valence-corrected chi connectivity index (χ0v) is 16.6. The first kappa shape index (κ1) is 19.9. The molecule has 29 heavy (non-hydrogen) atoms. The van der Waals surface area contributed by atoms with E-state index in [-0.39, 0.29) is 24.1 Å². The van der Waals surface area contributed by atoms with Crippen molar-refractivity contribution < 1.29 is 19.1 Å². The van der Waals surface area contributed by atoms with E-state index in [9.17, 15) is 9.59 Å². The molecule has 0 saturated carbocycles. The van der Waals surface area contributed by atoms with E-state index in [1.165, 1.54) is 16.0 Å². The SMILES string of the molecule is C[C@H](NC1NC(=O)N(C2CCOCC2)C(=O)N1)c1cccc(C2=CCOCC2)c1. The average Bonchev–Trinajstić information content (AvgIpc) is 2.75. The lowest BCUT2D eigenvalue weighted by atomic mass is 9.97. The van der Waals surface area contributed by atoms with Gasteiger partial charge in [-0.05, 0) is 49.0 Å². The third-order valence-corrected chi connectivity index (χ3v) is 5.67. The van der Waals surface area contributed by atoms with Crippen LogP contribution in [-0.4, -0.2) is 55.7 Å². The molecule has 0 bridgehead atoms. The molecule has 0 unspecified atom stereocenters. The highest BCUT2D eigenvalue weighted by atomic mass is 16.5. The fourth-order valence-corrected chi connectivity index (χ4v) is 4.02. The lowest BCUT2D eigenvalue weighted by molar-refractivity contribution is 0.0492. The number of hydrogen-bond acceptors (Lipinski definition) is 5. The Labute approximate surface area is 170 Å². The summed E-state index contributed by atoms with van der Waals surface area (Å²) in [5.41, 5.74) is 3.56. The summed E-state index contributed by atoms with van der Waals surface area (Å²) in [4.78, 5) is 26.4. The van der Waals surface area contributed by atoms with Gasteiger partial charge >= 0.3 is 12.1 Å². The quantitative estimate of drug-likeness (QED) is 0.706. The smallest absolute Gasteiger partial charge is 0.328 e. The second kappa shape index (κ2) is 8.94. The van der Waals surface area contributed by atoms with Gasteiger partial charge in [0.15, 0.2) is 6.29 Å². The molecular formula is C21H28N4O4. The summed E-state index contributed by atoms with van der Waals surface area (Å²) in [5, 5.41) is 8.99. The summed E-state index contributed by atoms with van der Waals surface area (Å²) in [6, 6.07) is 7.41. The van der Waals surface area contributed by atoms with E-state index >= 15 is 0 Å². The topological polar surface area (TPSA) is 91.9 Å². The molecule has 1 aromatic carbocycles. The Balaban J connectivity index is 1.39. The van der Waals surface area contributed by atoms with E-state index in [4.69, 9.17) is 9.47 Å². The van der Waals surface area contributed by atoms with Gasteiger partial charge in [0, 0.05) is 25.3 Å². The van der Waals surface area contributed by atoms with Gasteiger partial charge in [0.05, 0.1) is 13.2 Å². The molecule has 4 amide bonds. The molecule has 2 saturated heterocycles. The standard InChI is InChI=1S/C21H28N4O4/c1-14(16-3-2-4-17(13-16)15-5-9-28-10-6-15)22-19-23-20(26)25(21(27)24-19)18-7-11-29-12-8-18/h2-5,13-14,18-19,22H,6-12H2,1H3,(H,23,26)(H,24,27)/t14-/m0/s1. The number of rotatable bonds is 5. The van der Waals surface area contributed by atoms with Crippen LogP contribution >= 0.6 is 0 Å². The highest BCUT2D eigenvalue weighted by Crippen LogP contribution is 2.24. The number of nitrogens with one attached hydrogen (secondary N) is 3. The van der Waals surface area contributed by atoms with E-state index in [0.29, 0.717) is 32.7 Å². The van der Waals surface area contributed by atoms with Crippen LogP contribution in [0.15, 0.2) is 30.3 Å². The Morgan fingerprint density at radius 3 is 2.55 bits per heavy atom. The molecule has 0 radical (unpaired) electrons. The van der Waals surface area contributed by atoms with Crippen molar-refractivity contribution in [2.75, 3.05) is 26.4 Å². The fourth-order valence-electron chi connectivity index (χ4n) is 4.02. The van der Waals surface area contributed by atoms with Crippen molar-refractivity contribution in [2.24, 2.45) is 0 Å². The number of urea groups is 2. The van der Waals surface area contributed by atoms with E-state index in [1.54, 1.807) is 0 Å². The number of ether oxygens (including phenoxy) is 2. The van der Waals surface area contributed by atoms with Crippen molar-refractivity contribution in [3.8, 4) is 0 Å². The van der Waals surface area contributed by atoms with Crippen LogP contribution < -0.4 is 16.0 Å². The first-order valence-electron chi connectivity index (χ1n) is 10.2. The van der Waals surface area contributed by atoms with Crippen LogP contribution in [0.5, 0.6) is 0 Å². The number of carbonyl (C=O) groups excluding carboxylic acids is 2. The van der Waals surface area contributed by atoms with Crippen molar-refractivity contribution in [3.05, 3.63) is 41.5 Å². The number of amides is 4. The van der Waals surface area contributed by atoms with Crippen LogP contribution in [0.3, 0.4) is 0 Å². The van der Waals surface area contributed by atoms with E-state index in [0.717, 1.165) is 18.6 Å². The zero-order valence-electron chi connectivity index (χ0n) is 16.6. The van der Waals surface area contributed by atoms with Gasteiger partial charge in [-0.25, -0.2) is 14.5 Å². The molecule has 0 aliphatic carbocycles. The van der Waals surface area contributed by atoms with E-state index in [2.05, 4.69) is 34.2 Å². The molecule has 8 heteroatoms. The van der Waals surface area contributed by atoms with Crippen molar-refractivity contribution in [1.29, 1.82) is 0 Å². The molecule has 3 aliphatic rings. The van der Waals surface area contributed by atoms with Crippen molar-refractivity contribution in [2.45, 2.75) is 44.6 Å². The Morgan fingerprint density at radius 1 is 1.10 bits per heavy atom. The minimum atomic E-state index is -0.618. The number of imide groups is 1. The maximum atomic E-state index is 12.5. The Kier molecular flexibility index (Phi) is 6.13. The van der Waals surface area contributed by atoms with Crippen LogP contribution in [-0.2, 0) is 9.47 Å². The first-order chi connectivity index (χ1) is 14.1. The van der Waals surface area contributed by atoms with Gasteiger partial charge in [-0.2, -0.15) is 0 Å². The first-order valence-corrected chi connectivity index (χ1v) is 10.2. The lowest BCUT2D eigenvalue weighted by Gasteiger charge is -2.39. The van der Waals surface area contributed by atoms with Gasteiger partial charge in [-0.3, -0.25) is 5.32 Å². The van der Waals surface area contributed by atoms with Crippen LogP contribution in [0.1, 0.15) is 43.4 Å². The minimum absolute atomic E-state index is 0.0596. The third kappa shape index (κ3) is 4.60. The summed E-state index contributed by atoms with van der Waals surface area (Å²) in [7, 11) is 0. The van der Waals surface area contributed by atoms with Gasteiger partial charge in [0.2, 0.25) is 0 Å². The van der Waals surface area contributed by atoms with E-state index in [1.807, 2.05) is 19.1 Å². The van der Waals surface area contributed by atoms with Gasteiger partial charge in [-0.15, -0.1) is 0 Å². The molecule has 2 fully saturated rings. The predicted octanol–water partition coefficient (Wildman–Crippen LogP) is 2.34. The molecule has 156 valence electrons. The van der Waals surface area contributed by atoms with Gasteiger partial charge < -0.3 is 20.1 Å². The molecule has 3 heterocycles. The highest BCUT2D eigenvalue weighted by Gasteiger charge is 2.37. The Bertz CT molecular complexity index is 773. The van der Waals surface area contributed by atoms with Gasteiger partial charge in [0.25, 0.3) is 0 Å². The molecule has 3 aliphatic heterocycles. The number of benzene rings is 1. The monoisotopic (exact) mass is 400 g/mol. The Morgan fingerprint density at radius 2 is 1.86 bits per heavy atom. The second-order valence-electron chi connectivity index (χ2n) is 7.61. The number of nitrogens with zero attached hydrogens (tertiary/aromatic N) is 1. The summed E-state index contributed by atoms with van der Waals surface area (Å²) in [5.74, 6) is 0. The van der Waals surface area contributed by atoms with Crippen LogP contribution in [0.4, 0.5) is 9.59 Å². The fraction of sp³-hybridized carbons (Fsp3) is 0.524. The van der Waals surface area contributed by atoms with Crippen LogP contribution in [0.2, 0.25) is 0 Å². The minimum Gasteiger partial charge on any atom is -0.381 e. The molecule has 3 N–H and O–H groups in total. The van der Waals surface area contributed by atoms with Crippen LogP contribution in [0, 0.1) is 0 Å². The molecular weight excluding hydrogens is 372 g/mol. The maximum Gasteiger partial charge on any atom is 0.328 e. The molecule has 0 spiro atoms. The van der Waals surface area contributed by atoms with Crippen LogP contribution in [0.25, 0.3) is 5.57 Å². The largest absolute Gasteiger partial charge is 0.381 e. The lowest BCUT2D eigenvalue weighted by Crippen LogP contribution is -2.70. The summed E-state index contributed by atoms with van der Waals surface area (Å²) in [6.45, 7) is 4.55. The number of hydrogen-bond donors (Lipinski definition) is 3. The van der Waals surface area contributed by atoms with Crippen molar-refractivity contribution >= 4 is 17.6 Å². The van der Waals surface area contributed by atoms with Gasteiger partial charge in [0.1, 0.15) is 0 Å². The van der Waals surface area contributed by atoms with Crippen molar-refractivity contribution in [3.63, 3.8) is 0 Å². The average molecular weight is 400 g/mol. The second-order valence-corrected chi connectivity index (χ2v) is 7.61. The Hall–Kier alpha value is -2.42. The number of carbonyl (C=O) groups is 2. The maximum absolute atomic E-state index is 12.5. The summed E-state index contributed by atoms with van der Waals surface area (Å²) < 4.78 is 10.7. The normalized spacial score (nSPS) is 22.7. The zero-order chi connectivity index (χ0) is 20.2. The molecule has 1 atom stereocenters. The third-order valence-electron chi connectivity index (χ3n) is 5.67. The molecule has 0 aromatic heterocycles. The molecule has 8 nitrogen and oxygen atoms in total. The summed E-state index contributed by atoms with van der Waals surface area (Å²) >= 11 is 0. The predicted molar refractivity (Wildman–Crippen MR) is 108 cm³/mol. The highest BCUT2D eigenvalue weighted by molar-refractivity contribution is 5.96. The van der Waals surface area contributed by atoms with Crippen molar-refractivity contribution in [1.82, 2.24) is 20.9 Å². The summed E-state index contributed by atoms with van der Waals surface area (Å²) in [6.07, 6.45) is 3.74. The van der Waals surface area contributed by atoms with Gasteiger partial charge in [-0.1, -0.05) is 24.3 Å². The molecule has 1 aromatic rings.